The first-order chi connectivity index (χ1) is 8.50. The van der Waals surface area contributed by atoms with Gasteiger partial charge in [-0.05, 0) is 24.1 Å². The van der Waals surface area contributed by atoms with Crippen molar-refractivity contribution in [2.75, 3.05) is 0 Å². The summed E-state index contributed by atoms with van der Waals surface area (Å²) < 4.78 is 15.2. The molecule has 0 spiro atoms. The third kappa shape index (κ3) is 2.11. The number of hydrogen-bond acceptors (Lipinski definition) is 2. The maximum absolute atomic E-state index is 13.7. The summed E-state index contributed by atoms with van der Waals surface area (Å²) in [4.78, 5) is 0. The number of halogens is 1. The molecule has 0 aliphatic carbocycles. The van der Waals surface area contributed by atoms with E-state index in [4.69, 9.17) is 11.1 Å². The second-order valence-corrected chi connectivity index (χ2v) is 4.39. The highest BCUT2D eigenvalue weighted by molar-refractivity contribution is 5.98. The number of nitrogens with one attached hydrogen (secondary N) is 1. The number of nitrogens with zero attached hydrogens (tertiary/aromatic N) is 2. The molecule has 0 amide bonds. The van der Waals surface area contributed by atoms with Crippen LogP contribution < -0.4 is 5.73 Å². The predicted molar refractivity (Wildman–Crippen MR) is 68.6 cm³/mol. The summed E-state index contributed by atoms with van der Waals surface area (Å²) in [6.45, 7) is 4.06. The molecule has 0 aliphatic heterocycles. The van der Waals surface area contributed by atoms with Crippen molar-refractivity contribution >= 4 is 5.84 Å². The molecule has 5 heteroatoms. The van der Waals surface area contributed by atoms with Crippen LogP contribution in [0.4, 0.5) is 4.39 Å². The molecule has 1 aromatic carbocycles. The monoisotopic (exact) mass is 246 g/mol. The van der Waals surface area contributed by atoms with E-state index in [2.05, 4.69) is 5.10 Å². The molecule has 0 aliphatic rings. The topological polar surface area (TPSA) is 67.7 Å². The average molecular weight is 246 g/mol. The molecule has 94 valence electrons. The van der Waals surface area contributed by atoms with Crippen LogP contribution in [-0.4, -0.2) is 15.6 Å². The van der Waals surface area contributed by atoms with Crippen molar-refractivity contribution in [1.29, 1.82) is 5.41 Å². The van der Waals surface area contributed by atoms with Gasteiger partial charge in [0.2, 0.25) is 0 Å². The van der Waals surface area contributed by atoms with Crippen molar-refractivity contribution in [2.24, 2.45) is 5.73 Å². The zero-order valence-corrected chi connectivity index (χ0v) is 10.3. The molecule has 0 radical (unpaired) electrons. The Balaban J connectivity index is 2.56. The van der Waals surface area contributed by atoms with Crippen molar-refractivity contribution in [1.82, 2.24) is 9.78 Å². The molecule has 2 aromatic rings. The molecule has 1 aromatic heterocycles. The first-order valence-electron chi connectivity index (χ1n) is 5.69. The van der Waals surface area contributed by atoms with Crippen molar-refractivity contribution in [3.05, 3.63) is 47.5 Å². The third-order valence-electron chi connectivity index (χ3n) is 2.71. The zero-order valence-electron chi connectivity index (χ0n) is 10.3. The molecule has 0 fully saturated rings. The van der Waals surface area contributed by atoms with E-state index in [0.29, 0.717) is 11.6 Å². The van der Waals surface area contributed by atoms with Gasteiger partial charge in [-0.2, -0.15) is 5.10 Å². The van der Waals surface area contributed by atoms with E-state index >= 15 is 0 Å². The van der Waals surface area contributed by atoms with Gasteiger partial charge >= 0.3 is 0 Å². The van der Waals surface area contributed by atoms with Gasteiger partial charge < -0.3 is 5.73 Å². The van der Waals surface area contributed by atoms with Gasteiger partial charge in [0.15, 0.2) is 0 Å². The molecule has 4 nitrogen and oxygen atoms in total. The van der Waals surface area contributed by atoms with Crippen LogP contribution in [-0.2, 0) is 0 Å². The van der Waals surface area contributed by atoms with Gasteiger partial charge in [0, 0.05) is 6.20 Å². The van der Waals surface area contributed by atoms with E-state index in [9.17, 15) is 4.39 Å². The fraction of sp³-hybridized carbons (Fsp3) is 0.231. The fourth-order valence-corrected chi connectivity index (χ4v) is 1.75. The third-order valence-corrected chi connectivity index (χ3v) is 2.71. The van der Waals surface area contributed by atoms with Gasteiger partial charge in [0.1, 0.15) is 11.7 Å². The van der Waals surface area contributed by atoms with Gasteiger partial charge in [0.05, 0.1) is 16.9 Å². The Hall–Kier alpha value is -2.17. The Kier molecular flexibility index (Phi) is 3.14. The predicted octanol–water partition coefficient (Wildman–Crippen LogP) is 2.42. The lowest BCUT2D eigenvalue weighted by Gasteiger charge is -2.09. The van der Waals surface area contributed by atoms with E-state index in [1.54, 1.807) is 23.0 Å². The first kappa shape index (κ1) is 12.3. The Labute approximate surface area is 105 Å². The molecular weight excluding hydrogens is 231 g/mol. The summed E-state index contributed by atoms with van der Waals surface area (Å²) in [5.41, 5.74) is 6.89. The van der Waals surface area contributed by atoms with Crippen molar-refractivity contribution in [2.45, 2.75) is 19.8 Å². The summed E-state index contributed by atoms with van der Waals surface area (Å²) in [6, 6.07) is 6.43. The van der Waals surface area contributed by atoms with Crippen LogP contribution in [0, 0.1) is 11.2 Å². The van der Waals surface area contributed by atoms with Crippen LogP contribution in [0.15, 0.2) is 30.5 Å². The Morgan fingerprint density at radius 3 is 2.67 bits per heavy atom. The summed E-state index contributed by atoms with van der Waals surface area (Å²) in [7, 11) is 0. The lowest BCUT2D eigenvalue weighted by atomic mass is 10.1. The lowest BCUT2D eigenvalue weighted by Crippen LogP contribution is -2.17. The van der Waals surface area contributed by atoms with Crippen molar-refractivity contribution in [3.63, 3.8) is 0 Å². The molecule has 1 heterocycles. The van der Waals surface area contributed by atoms with Crippen LogP contribution in [0.2, 0.25) is 0 Å². The molecular formula is C13H15FN4. The Morgan fingerprint density at radius 1 is 1.39 bits per heavy atom. The second kappa shape index (κ2) is 4.60. The van der Waals surface area contributed by atoms with Crippen molar-refractivity contribution in [3.8, 4) is 5.69 Å². The first-order valence-corrected chi connectivity index (χ1v) is 5.69. The van der Waals surface area contributed by atoms with Gasteiger partial charge in [0.25, 0.3) is 0 Å². The smallest absolute Gasteiger partial charge is 0.136 e. The normalized spacial score (nSPS) is 10.9. The van der Waals surface area contributed by atoms with Gasteiger partial charge in [-0.1, -0.05) is 19.9 Å². The van der Waals surface area contributed by atoms with Gasteiger partial charge in [-0.25, -0.2) is 9.07 Å². The molecule has 0 bridgehead atoms. The molecule has 3 N–H and O–H groups in total. The molecule has 18 heavy (non-hydrogen) atoms. The molecule has 2 rings (SSSR count). The van der Waals surface area contributed by atoms with Crippen LogP contribution in [0.1, 0.15) is 31.0 Å². The molecule has 0 unspecified atom stereocenters. The van der Waals surface area contributed by atoms with E-state index in [1.807, 2.05) is 19.9 Å². The van der Waals surface area contributed by atoms with Crippen LogP contribution >= 0.6 is 0 Å². The number of benzene rings is 1. The largest absolute Gasteiger partial charge is 0.384 e. The summed E-state index contributed by atoms with van der Waals surface area (Å²) in [6.07, 6.45) is 1.75. The van der Waals surface area contributed by atoms with Crippen LogP contribution in [0.3, 0.4) is 0 Å². The quantitative estimate of drug-likeness (QED) is 0.645. The van der Waals surface area contributed by atoms with E-state index in [-0.39, 0.29) is 11.4 Å². The highest BCUT2D eigenvalue weighted by atomic mass is 19.1. The van der Waals surface area contributed by atoms with Crippen molar-refractivity contribution < 1.29 is 4.39 Å². The lowest BCUT2D eigenvalue weighted by molar-refractivity contribution is 0.621. The molecule has 0 saturated heterocycles. The number of amidine groups is 1. The number of aromatic nitrogens is 2. The van der Waals surface area contributed by atoms with Crippen LogP contribution in [0.25, 0.3) is 5.69 Å². The summed E-state index contributed by atoms with van der Waals surface area (Å²) in [5.74, 6) is -0.521. The highest BCUT2D eigenvalue weighted by Gasteiger charge is 2.14. The summed E-state index contributed by atoms with van der Waals surface area (Å²) in [5, 5.41) is 11.8. The minimum atomic E-state index is -0.512. The van der Waals surface area contributed by atoms with Gasteiger partial charge in [-0.3, -0.25) is 5.41 Å². The zero-order chi connectivity index (χ0) is 13.3. The fourth-order valence-electron chi connectivity index (χ4n) is 1.75. The second-order valence-electron chi connectivity index (χ2n) is 4.39. The molecule has 0 atom stereocenters. The van der Waals surface area contributed by atoms with Crippen LogP contribution in [0.5, 0.6) is 0 Å². The number of nitrogens with two attached hydrogens (primary N) is 1. The maximum Gasteiger partial charge on any atom is 0.136 e. The van der Waals surface area contributed by atoms with Gasteiger partial charge in [-0.15, -0.1) is 0 Å². The maximum atomic E-state index is 13.7. The number of nitrogen functional groups attached to an aromatic ring is 1. The molecule has 0 saturated carbocycles. The standard InChI is InChI=1S/C13H15FN4/c1-8(2)10-6-7-18(17-10)11-5-3-4-9(14)12(11)13(15)16/h3-8H,1-2H3,(H3,15,16). The Bertz CT molecular complexity index is 586. The number of hydrogen-bond donors (Lipinski definition) is 2. The Morgan fingerprint density at radius 2 is 2.11 bits per heavy atom. The minimum Gasteiger partial charge on any atom is -0.384 e. The van der Waals surface area contributed by atoms with E-state index in [0.717, 1.165) is 5.69 Å². The minimum absolute atomic E-state index is 0.0795. The van der Waals surface area contributed by atoms with E-state index < -0.39 is 5.82 Å². The van der Waals surface area contributed by atoms with E-state index in [1.165, 1.54) is 6.07 Å². The summed E-state index contributed by atoms with van der Waals surface area (Å²) >= 11 is 0. The highest BCUT2D eigenvalue weighted by Crippen LogP contribution is 2.19. The SMILES string of the molecule is CC(C)c1ccn(-c2cccc(F)c2C(=N)N)n1. The average Bonchev–Trinajstić information content (AvgIpc) is 2.77. The number of rotatable bonds is 3.